The summed E-state index contributed by atoms with van der Waals surface area (Å²) in [5.74, 6) is -0.882. The van der Waals surface area contributed by atoms with Crippen LogP contribution in [-0.2, 0) is 57.5 Å². The first-order valence-corrected chi connectivity index (χ1v) is 21.0. The van der Waals surface area contributed by atoms with Gasteiger partial charge in [0.15, 0.2) is 0 Å². The first-order chi connectivity index (χ1) is 26.2. The Balaban J connectivity index is 0.00000164. The van der Waals surface area contributed by atoms with Crippen molar-refractivity contribution in [1.29, 1.82) is 0 Å². The van der Waals surface area contributed by atoms with Crippen molar-refractivity contribution < 1.29 is 187 Å². The van der Waals surface area contributed by atoms with Gasteiger partial charge in [0.05, 0.1) is 42.9 Å². The minimum absolute atomic E-state index is 0. The fourth-order valence-electron chi connectivity index (χ4n) is 6.20. The summed E-state index contributed by atoms with van der Waals surface area (Å²) in [6.45, 7) is 0. The van der Waals surface area contributed by atoms with Crippen molar-refractivity contribution in [2.45, 2.75) is 19.6 Å². The van der Waals surface area contributed by atoms with Crippen molar-refractivity contribution in [3.8, 4) is 45.6 Å². The van der Waals surface area contributed by atoms with Gasteiger partial charge < -0.3 is 48.1 Å². The summed E-state index contributed by atoms with van der Waals surface area (Å²) in [6.07, 6.45) is 0. The molecule has 20 nitrogen and oxygen atoms in total. The molecule has 8 bridgehead atoms. The zero-order valence-corrected chi connectivity index (χ0v) is 43.9. The van der Waals surface area contributed by atoms with Crippen LogP contribution in [0.4, 0.5) is 0 Å². The van der Waals surface area contributed by atoms with Crippen LogP contribution in [0.5, 0.6) is 0 Å². The maximum atomic E-state index is 12.1. The molecule has 0 fully saturated rings. The molecule has 0 aliphatic carbocycles. The van der Waals surface area contributed by atoms with Gasteiger partial charge in [-0.05, 0) is 70.1 Å². The topological polar surface area (TPSA) is 334 Å². The molecule has 4 aromatic carbocycles. The van der Waals surface area contributed by atoms with E-state index in [1.165, 1.54) is 24.3 Å². The Kier molecular flexibility index (Phi) is 15.7. The second-order valence-corrected chi connectivity index (χ2v) is 17.6. The van der Waals surface area contributed by atoms with Gasteiger partial charge in [-0.15, -0.1) is 0 Å². The van der Waals surface area contributed by atoms with Crippen LogP contribution in [0, 0.1) is 0 Å². The smallest absolute Gasteiger partial charge is 0.744 e. The van der Waals surface area contributed by atoms with Crippen molar-refractivity contribution in [2.24, 2.45) is 0 Å². The van der Waals surface area contributed by atoms with Gasteiger partial charge in [-0.3, -0.25) is 0 Å². The summed E-state index contributed by atoms with van der Waals surface area (Å²) >= 11 is 0. The molecule has 0 atom stereocenters. The molecule has 287 valence electrons. The average molecular weight is 976 g/mol. The summed E-state index contributed by atoms with van der Waals surface area (Å²) in [6, 6.07) is 12.9. The Hall–Kier alpha value is -1.60. The van der Waals surface area contributed by atoms with Crippen LogP contribution < -0.4 is 128 Å². The number of rotatable bonds is 4. The van der Waals surface area contributed by atoms with Gasteiger partial charge in [-0.2, -0.15) is 0 Å². The quantitative estimate of drug-likeness (QED) is 0.117. The van der Waals surface area contributed by atoms with Gasteiger partial charge >= 0.3 is 135 Å². The van der Waals surface area contributed by atoms with Crippen LogP contribution >= 0.6 is 0 Å². The number of hydrogen-bond donors (Lipinski definition) is 0. The van der Waals surface area contributed by atoms with E-state index in [-0.39, 0.29) is 225 Å². The van der Waals surface area contributed by atoms with Crippen molar-refractivity contribution in [1.82, 2.24) is 39.9 Å². The zero-order valence-electron chi connectivity index (χ0n) is 31.4. The van der Waals surface area contributed by atoms with E-state index >= 15 is 0 Å². The van der Waals surface area contributed by atoms with Crippen molar-refractivity contribution in [3.63, 3.8) is 0 Å². The standard InChI is InChI=1S/C32H16N8O12S4.Mn.4Na/c41-53(42,43)13-1-5-17-21(9-13)29-34-25(17)33-26-18-6-2-14(54(44,45)46)10-22(18)30(35-26)37-28-20-8-4-16(56(50,51)52)12-24(20)32(39-28)40-31-23-11-15(55(47,48)49)3-7-19(23)27(36-29)38-31;;;;;/h1-12H,(H4-2,33,34,35,36,37,38,39,40,41,42,43,44,45,46,47,48,49,50,51,52);;;;;/q-2;+2;4*+1/p-4. The monoisotopic (exact) mass is 975 g/mol. The molecule has 5 heterocycles. The van der Waals surface area contributed by atoms with E-state index in [2.05, 4.69) is 39.9 Å². The fraction of sp³-hybridized carbons (Fsp3) is 0. The second-order valence-electron chi connectivity index (χ2n) is 12.1. The normalized spacial score (nSPS) is 12.1. The number of aromatic nitrogens is 8. The Morgan fingerprint density at radius 3 is 0.918 bits per heavy atom. The van der Waals surface area contributed by atoms with E-state index in [0.717, 1.165) is 48.5 Å². The maximum Gasteiger partial charge on any atom is 2.00 e. The molecule has 0 amide bonds. The summed E-state index contributed by atoms with van der Waals surface area (Å²) in [7, 11) is -20.1. The molecule has 9 rings (SSSR count). The van der Waals surface area contributed by atoms with Crippen LogP contribution in [0.3, 0.4) is 0 Å². The predicted molar refractivity (Wildman–Crippen MR) is 186 cm³/mol. The molecule has 0 spiro atoms. The van der Waals surface area contributed by atoms with Crippen molar-refractivity contribution >= 4 is 84.6 Å². The molecular formula is C32H12MnN8Na4O12S4. The molecule has 0 unspecified atom stereocenters. The first-order valence-electron chi connectivity index (χ1n) is 15.3. The number of hydrogen-bond acceptors (Lipinski definition) is 18. The third-order valence-corrected chi connectivity index (χ3v) is 12.1. The second kappa shape index (κ2) is 18.3. The van der Waals surface area contributed by atoms with Crippen LogP contribution in [0.2, 0.25) is 0 Å². The molecule has 7 aromatic rings. The molecule has 2 aliphatic heterocycles. The van der Waals surface area contributed by atoms with Crippen molar-refractivity contribution in [2.75, 3.05) is 0 Å². The summed E-state index contributed by atoms with van der Waals surface area (Å²) in [5.41, 5.74) is -0.712. The average Bonchev–Trinajstić information content (AvgIpc) is 3.84. The molecule has 0 N–H and O–H groups in total. The van der Waals surface area contributed by atoms with E-state index < -0.39 is 60.1 Å². The minimum atomic E-state index is -5.04. The summed E-state index contributed by atoms with van der Waals surface area (Å²) < 4.78 is 145. The predicted octanol–water partition coefficient (Wildman–Crippen LogP) is -10.2. The Bertz CT molecular complexity index is 3640. The maximum absolute atomic E-state index is 12.1. The number of fused-ring (bicyclic) bond motifs is 20. The fourth-order valence-corrected chi connectivity index (χ4v) is 8.19. The molecule has 2 aliphatic rings. The van der Waals surface area contributed by atoms with Crippen molar-refractivity contribution in [3.05, 3.63) is 72.8 Å². The van der Waals surface area contributed by atoms with Crippen LogP contribution in [-0.4, -0.2) is 81.8 Å². The molecule has 29 heteroatoms. The van der Waals surface area contributed by atoms with Gasteiger partial charge in [0.25, 0.3) is 0 Å². The van der Waals surface area contributed by atoms with E-state index in [1.807, 2.05) is 0 Å². The van der Waals surface area contributed by atoms with Gasteiger partial charge in [-0.1, -0.05) is 24.3 Å². The summed E-state index contributed by atoms with van der Waals surface area (Å²) in [5, 5.41) is 0.169. The van der Waals surface area contributed by atoms with E-state index in [0.29, 0.717) is 0 Å². The van der Waals surface area contributed by atoms with E-state index in [4.69, 9.17) is 0 Å². The Morgan fingerprint density at radius 1 is 0.344 bits per heavy atom. The molecule has 61 heavy (non-hydrogen) atoms. The Labute approximate surface area is 443 Å². The van der Waals surface area contributed by atoms with Gasteiger partial charge in [-0.25, -0.2) is 43.6 Å². The van der Waals surface area contributed by atoms with E-state index in [1.54, 1.807) is 0 Å². The third kappa shape index (κ3) is 9.70. The van der Waals surface area contributed by atoms with Crippen LogP contribution in [0.15, 0.2) is 92.4 Å². The minimum Gasteiger partial charge on any atom is -0.744 e. The largest absolute Gasteiger partial charge is 2.00 e. The van der Waals surface area contributed by atoms with Gasteiger partial charge in [0, 0.05) is 44.8 Å². The third-order valence-electron chi connectivity index (χ3n) is 8.74. The molecule has 1 radical (unpaired) electrons. The van der Waals surface area contributed by atoms with Gasteiger partial charge in [0.2, 0.25) is 0 Å². The SMILES string of the molecule is O=S(=O)([O-])c1ccc2c(c1)-c1nc-2nc2[n-]c(nc3nc(nc4[n-]c(n1)c1ccc(S(=O)(=O)[O-])cc41)-c1cc(S(=O)(=O)[O-])ccc1-3)c1cc(S(=O)(=O)[O-])ccc21.[Mn+2].[Na+].[Na+].[Na+].[Na+]. The van der Waals surface area contributed by atoms with Crippen LogP contribution in [0.25, 0.3) is 89.7 Å². The summed E-state index contributed by atoms with van der Waals surface area (Å²) in [4.78, 5) is 33.1. The zero-order chi connectivity index (χ0) is 39.7. The first kappa shape index (κ1) is 52.0. The molecular weight excluding hydrogens is 964 g/mol. The van der Waals surface area contributed by atoms with Gasteiger partial charge in [0.1, 0.15) is 40.5 Å². The van der Waals surface area contributed by atoms with E-state index in [9.17, 15) is 51.9 Å². The number of benzene rings is 4. The number of nitrogens with zero attached hydrogens (tertiary/aromatic N) is 8. The molecule has 0 saturated carbocycles. The Morgan fingerprint density at radius 2 is 0.607 bits per heavy atom. The molecule has 3 aromatic heterocycles. The van der Waals surface area contributed by atoms with Crippen LogP contribution in [0.1, 0.15) is 0 Å². The molecule has 0 saturated heterocycles.